The van der Waals surface area contributed by atoms with Gasteiger partial charge in [0.25, 0.3) is 5.91 Å². The van der Waals surface area contributed by atoms with E-state index < -0.39 is 6.04 Å². The van der Waals surface area contributed by atoms with Crippen LogP contribution in [0.5, 0.6) is 11.5 Å². The average molecular weight is 408 g/mol. The summed E-state index contributed by atoms with van der Waals surface area (Å²) in [7, 11) is 1.59. The fraction of sp³-hybridized carbons (Fsp3) is 0.417. The number of nitrogens with one attached hydrogen (secondary N) is 1. The fourth-order valence-electron chi connectivity index (χ4n) is 4.21. The first kappa shape index (κ1) is 20.3. The summed E-state index contributed by atoms with van der Waals surface area (Å²) in [6.07, 6.45) is 6.00. The van der Waals surface area contributed by atoms with Crippen molar-refractivity contribution in [2.24, 2.45) is 0 Å². The van der Waals surface area contributed by atoms with Crippen molar-refractivity contribution in [1.82, 2.24) is 5.32 Å². The Morgan fingerprint density at radius 3 is 2.50 bits per heavy atom. The van der Waals surface area contributed by atoms with Gasteiger partial charge < -0.3 is 19.7 Å². The third kappa shape index (κ3) is 4.42. The Bertz CT molecular complexity index is 893. The normalized spacial score (nSPS) is 19.6. The van der Waals surface area contributed by atoms with Crippen molar-refractivity contribution >= 4 is 17.5 Å². The fourth-order valence-corrected chi connectivity index (χ4v) is 4.21. The molecule has 1 saturated carbocycles. The Morgan fingerprint density at radius 2 is 1.77 bits per heavy atom. The summed E-state index contributed by atoms with van der Waals surface area (Å²) in [4.78, 5) is 27.6. The molecule has 0 bridgehead atoms. The van der Waals surface area contributed by atoms with Gasteiger partial charge in [0.15, 0.2) is 11.5 Å². The van der Waals surface area contributed by atoms with Crippen LogP contribution in [0, 0.1) is 0 Å². The molecule has 6 nitrogen and oxygen atoms in total. The highest BCUT2D eigenvalue weighted by Gasteiger charge is 2.31. The van der Waals surface area contributed by atoms with Gasteiger partial charge >= 0.3 is 0 Å². The van der Waals surface area contributed by atoms with Crippen molar-refractivity contribution < 1.29 is 19.1 Å². The van der Waals surface area contributed by atoms with E-state index >= 15 is 0 Å². The third-order valence-electron chi connectivity index (χ3n) is 5.83. The van der Waals surface area contributed by atoms with Crippen LogP contribution in [0.3, 0.4) is 0 Å². The van der Waals surface area contributed by atoms with Gasteiger partial charge in [-0.3, -0.25) is 9.59 Å². The standard InChI is InChI=1S/C24H28N2O4/c1-29-21-14-13-17(16-22(21)30-19-10-5-6-11-19)23(27)25-20-12-7-15-26(24(20)28)18-8-3-2-4-9-18/h2-4,8-9,13-14,16,19-20H,5-7,10-12,15H2,1H3,(H,25,27)/t20-/m0/s1. The number of carbonyl (C=O) groups excluding carboxylic acids is 2. The Kier molecular flexibility index (Phi) is 6.21. The van der Waals surface area contributed by atoms with Gasteiger partial charge in [0, 0.05) is 17.8 Å². The number of amides is 2. The molecule has 158 valence electrons. The largest absolute Gasteiger partial charge is 0.493 e. The Balaban J connectivity index is 1.47. The van der Waals surface area contributed by atoms with Crippen molar-refractivity contribution in [2.75, 3.05) is 18.6 Å². The van der Waals surface area contributed by atoms with Crippen LogP contribution < -0.4 is 19.7 Å². The number of hydrogen-bond donors (Lipinski definition) is 1. The highest BCUT2D eigenvalue weighted by Crippen LogP contribution is 2.32. The number of methoxy groups -OCH3 is 1. The minimum Gasteiger partial charge on any atom is -0.493 e. The maximum absolute atomic E-state index is 13.0. The molecule has 2 aliphatic rings. The van der Waals surface area contributed by atoms with Gasteiger partial charge in [-0.25, -0.2) is 0 Å². The summed E-state index contributed by atoms with van der Waals surface area (Å²) in [5, 5.41) is 2.92. The van der Waals surface area contributed by atoms with Crippen LogP contribution in [0.1, 0.15) is 48.9 Å². The SMILES string of the molecule is COc1ccc(C(=O)N[C@H]2CCCN(c3ccccc3)C2=O)cc1OC1CCCC1. The second-order valence-corrected chi connectivity index (χ2v) is 7.88. The van der Waals surface area contributed by atoms with Crippen LogP contribution in [-0.2, 0) is 4.79 Å². The van der Waals surface area contributed by atoms with Crippen LogP contribution in [-0.4, -0.2) is 37.6 Å². The molecule has 1 aliphatic heterocycles. The van der Waals surface area contributed by atoms with Crippen LogP contribution in [0.25, 0.3) is 0 Å². The number of rotatable bonds is 6. The van der Waals surface area contributed by atoms with Gasteiger partial charge in [0.2, 0.25) is 5.91 Å². The Labute approximate surface area is 177 Å². The molecule has 0 spiro atoms. The summed E-state index contributed by atoms with van der Waals surface area (Å²) in [6.45, 7) is 0.664. The van der Waals surface area contributed by atoms with Gasteiger partial charge in [0.05, 0.1) is 13.2 Å². The zero-order valence-corrected chi connectivity index (χ0v) is 17.3. The molecule has 0 aromatic heterocycles. The number of piperidine rings is 1. The highest BCUT2D eigenvalue weighted by molar-refractivity contribution is 6.03. The smallest absolute Gasteiger partial charge is 0.252 e. The van der Waals surface area contributed by atoms with E-state index in [-0.39, 0.29) is 17.9 Å². The number of hydrogen-bond acceptors (Lipinski definition) is 4. The molecule has 1 aliphatic carbocycles. The van der Waals surface area contributed by atoms with E-state index in [1.165, 1.54) is 0 Å². The molecular formula is C24H28N2O4. The lowest BCUT2D eigenvalue weighted by atomic mass is 10.0. The van der Waals surface area contributed by atoms with Crippen molar-refractivity contribution in [1.29, 1.82) is 0 Å². The lowest BCUT2D eigenvalue weighted by Crippen LogP contribution is -2.52. The molecule has 6 heteroatoms. The maximum atomic E-state index is 13.0. The molecule has 4 rings (SSSR count). The summed E-state index contributed by atoms with van der Waals surface area (Å²) < 4.78 is 11.5. The first-order chi connectivity index (χ1) is 14.7. The molecule has 2 aromatic carbocycles. The van der Waals surface area contributed by atoms with Crippen LogP contribution in [0.2, 0.25) is 0 Å². The molecule has 1 atom stereocenters. The predicted octanol–water partition coefficient (Wildman–Crippen LogP) is 3.94. The third-order valence-corrected chi connectivity index (χ3v) is 5.83. The quantitative estimate of drug-likeness (QED) is 0.786. The van der Waals surface area contributed by atoms with E-state index in [1.807, 2.05) is 30.3 Å². The summed E-state index contributed by atoms with van der Waals surface area (Å²) in [6, 6.07) is 14.2. The molecule has 0 unspecified atom stereocenters. The summed E-state index contributed by atoms with van der Waals surface area (Å²) in [5.41, 5.74) is 1.33. The first-order valence-electron chi connectivity index (χ1n) is 10.7. The monoisotopic (exact) mass is 408 g/mol. The van der Waals surface area contributed by atoms with Gasteiger partial charge in [-0.2, -0.15) is 0 Å². The van der Waals surface area contributed by atoms with Crippen molar-refractivity contribution in [2.45, 2.75) is 50.7 Å². The predicted molar refractivity (Wildman–Crippen MR) is 115 cm³/mol. The topological polar surface area (TPSA) is 67.9 Å². The lowest BCUT2D eigenvalue weighted by Gasteiger charge is -2.32. The average Bonchev–Trinajstić information content (AvgIpc) is 3.29. The zero-order valence-electron chi connectivity index (χ0n) is 17.3. The van der Waals surface area contributed by atoms with E-state index in [0.717, 1.165) is 37.8 Å². The van der Waals surface area contributed by atoms with E-state index in [0.29, 0.717) is 30.0 Å². The molecule has 1 N–H and O–H groups in total. The van der Waals surface area contributed by atoms with Gasteiger partial charge in [-0.15, -0.1) is 0 Å². The van der Waals surface area contributed by atoms with E-state index in [1.54, 1.807) is 30.2 Å². The van der Waals surface area contributed by atoms with Gasteiger partial charge in [-0.1, -0.05) is 18.2 Å². The Hall–Kier alpha value is -3.02. The number of benzene rings is 2. The van der Waals surface area contributed by atoms with Crippen molar-refractivity contribution in [3.05, 3.63) is 54.1 Å². The number of para-hydroxylation sites is 1. The lowest BCUT2D eigenvalue weighted by molar-refractivity contribution is -0.121. The van der Waals surface area contributed by atoms with E-state index in [4.69, 9.17) is 9.47 Å². The van der Waals surface area contributed by atoms with Crippen LogP contribution >= 0.6 is 0 Å². The molecule has 2 fully saturated rings. The molecule has 1 heterocycles. The number of ether oxygens (including phenoxy) is 2. The van der Waals surface area contributed by atoms with E-state index in [2.05, 4.69) is 5.32 Å². The number of nitrogens with zero attached hydrogens (tertiary/aromatic N) is 1. The molecule has 2 aromatic rings. The van der Waals surface area contributed by atoms with Gasteiger partial charge in [-0.05, 0) is 68.9 Å². The molecule has 2 amide bonds. The van der Waals surface area contributed by atoms with Crippen LogP contribution in [0.4, 0.5) is 5.69 Å². The molecule has 1 saturated heterocycles. The molecular weight excluding hydrogens is 380 g/mol. The van der Waals surface area contributed by atoms with E-state index in [9.17, 15) is 9.59 Å². The van der Waals surface area contributed by atoms with Crippen LogP contribution in [0.15, 0.2) is 48.5 Å². The summed E-state index contributed by atoms with van der Waals surface area (Å²) in [5.74, 6) is 0.847. The summed E-state index contributed by atoms with van der Waals surface area (Å²) >= 11 is 0. The second kappa shape index (κ2) is 9.20. The zero-order chi connectivity index (χ0) is 20.9. The highest BCUT2D eigenvalue weighted by atomic mass is 16.5. The minimum atomic E-state index is -0.534. The number of carbonyl (C=O) groups is 2. The second-order valence-electron chi connectivity index (χ2n) is 7.88. The van der Waals surface area contributed by atoms with Gasteiger partial charge in [0.1, 0.15) is 6.04 Å². The maximum Gasteiger partial charge on any atom is 0.252 e. The Morgan fingerprint density at radius 1 is 1.00 bits per heavy atom. The first-order valence-corrected chi connectivity index (χ1v) is 10.7. The molecule has 0 radical (unpaired) electrons. The van der Waals surface area contributed by atoms with Crippen molar-refractivity contribution in [3.8, 4) is 11.5 Å². The minimum absolute atomic E-state index is 0.0725. The molecule has 30 heavy (non-hydrogen) atoms. The van der Waals surface area contributed by atoms with Crippen molar-refractivity contribution in [3.63, 3.8) is 0 Å². The number of anilines is 1.